The monoisotopic (exact) mass is 525 g/mol. The fourth-order valence-electron chi connectivity index (χ4n) is 4.13. The van der Waals surface area contributed by atoms with Crippen LogP contribution in [0.15, 0.2) is 48.5 Å². The number of para-hydroxylation sites is 1. The lowest BCUT2D eigenvalue weighted by molar-refractivity contribution is -0.143. The van der Waals surface area contributed by atoms with Gasteiger partial charge in [0.05, 0.1) is 0 Å². The van der Waals surface area contributed by atoms with Crippen LogP contribution in [0.3, 0.4) is 0 Å². The molecule has 8 nitrogen and oxygen atoms in total. The first kappa shape index (κ1) is 30.7. The molecule has 2 aromatic carbocycles. The lowest BCUT2D eigenvalue weighted by atomic mass is 9.97. The number of hydrogen-bond donors (Lipinski definition) is 3. The van der Waals surface area contributed by atoms with E-state index in [0.29, 0.717) is 23.6 Å². The van der Waals surface area contributed by atoms with Crippen molar-refractivity contribution in [3.63, 3.8) is 0 Å². The third-order valence-corrected chi connectivity index (χ3v) is 6.11. The summed E-state index contributed by atoms with van der Waals surface area (Å²) in [5, 5.41) is 15.8. The summed E-state index contributed by atoms with van der Waals surface area (Å²) in [5.41, 5.74) is 1.24. The minimum atomic E-state index is -1.06. The molecule has 0 aliphatic rings. The van der Waals surface area contributed by atoms with Gasteiger partial charge in [0.25, 0.3) is 5.91 Å². The van der Waals surface area contributed by atoms with Gasteiger partial charge in [-0.3, -0.25) is 9.59 Å². The average molecular weight is 526 g/mol. The molecule has 0 aliphatic carbocycles. The normalized spacial score (nSPS) is 13.8. The number of ether oxygens (including phenoxy) is 1. The number of nitrogens with zero attached hydrogens (tertiary/aromatic N) is 1. The lowest BCUT2D eigenvalue weighted by Crippen LogP contribution is -2.54. The highest BCUT2D eigenvalue weighted by Crippen LogP contribution is 2.30. The summed E-state index contributed by atoms with van der Waals surface area (Å²) in [5.74, 6) is -0.468. The van der Waals surface area contributed by atoms with E-state index in [1.807, 2.05) is 32.0 Å². The summed E-state index contributed by atoms with van der Waals surface area (Å²) >= 11 is 0. The van der Waals surface area contributed by atoms with Crippen LogP contribution >= 0.6 is 0 Å². The van der Waals surface area contributed by atoms with Gasteiger partial charge >= 0.3 is 6.09 Å². The number of nitrogens with one attached hydrogen (secondary N) is 2. The number of carbonyl (C=O) groups excluding carboxylic acids is 3. The first-order valence-electron chi connectivity index (χ1n) is 13.2. The molecule has 3 unspecified atom stereocenters. The number of phenolic OH excluding ortho intramolecular Hbond substituents is 1. The highest BCUT2D eigenvalue weighted by Gasteiger charge is 2.38. The van der Waals surface area contributed by atoms with Gasteiger partial charge in [-0.2, -0.15) is 0 Å². The van der Waals surface area contributed by atoms with Gasteiger partial charge in [0.2, 0.25) is 5.91 Å². The smallest absolute Gasteiger partial charge is 0.408 e. The fraction of sp³-hybridized carbons (Fsp3) is 0.500. The van der Waals surface area contributed by atoms with Crippen molar-refractivity contribution in [1.29, 1.82) is 0 Å². The molecule has 0 fully saturated rings. The van der Waals surface area contributed by atoms with Crippen LogP contribution < -0.4 is 10.6 Å². The molecule has 3 atom stereocenters. The Morgan fingerprint density at radius 3 is 2.21 bits per heavy atom. The molecule has 0 radical (unpaired) electrons. The Morgan fingerprint density at radius 2 is 1.63 bits per heavy atom. The van der Waals surface area contributed by atoms with E-state index in [1.165, 1.54) is 17.0 Å². The van der Waals surface area contributed by atoms with Crippen LogP contribution in [-0.4, -0.2) is 45.6 Å². The number of phenols is 1. The standard InChI is InChI=1S/C30H43N3O5/c1-19(2)16-17-21(4)33(28(36)22(5)31-29(37)38-30(6,7)8)26(23-13-11-14-24(34)18-23)27(35)32-25-15-10-9-12-20(25)3/h9-15,18-19,21-22,26,34H,16-17H2,1-8H3,(H,31,37)(H,32,35). The minimum absolute atomic E-state index is 0.0154. The van der Waals surface area contributed by atoms with Crippen LogP contribution in [-0.2, 0) is 14.3 Å². The van der Waals surface area contributed by atoms with Crippen molar-refractivity contribution in [3.8, 4) is 5.75 Å². The van der Waals surface area contributed by atoms with Gasteiger partial charge in [-0.1, -0.05) is 44.2 Å². The highest BCUT2D eigenvalue weighted by atomic mass is 16.6. The maximum atomic E-state index is 14.0. The summed E-state index contributed by atoms with van der Waals surface area (Å²) in [6.45, 7) is 14.8. The molecule has 0 bridgehead atoms. The Hall–Kier alpha value is -3.55. The summed E-state index contributed by atoms with van der Waals surface area (Å²) < 4.78 is 5.35. The molecule has 2 aromatic rings. The maximum Gasteiger partial charge on any atom is 0.408 e. The van der Waals surface area contributed by atoms with Crippen LogP contribution in [0.2, 0.25) is 0 Å². The predicted molar refractivity (Wildman–Crippen MR) is 150 cm³/mol. The van der Waals surface area contributed by atoms with E-state index in [9.17, 15) is 19.5 Å². The Bertz CT molecular complexity index is 1110. The molecule has 8 heteroatoms. The van der Waals surface area contributed by atoms with Crippen molar-refractivity contribution < 1.29 is 24.2 Å². The van der Waals surface area contributed by atoms with Crippen molar-refractivity contribution in [2.75, 3.05) is 5.32 Å². The largest absolute Gasteiger partial charge is 0.508 e. The Balaban J connectivity index is 2.52. The molecule has 0 aliphatic heterocycles. The van der Waals surface area contributed by atoms with Crippen LogP contribution in [0.5, 0.6) is 5.75 Å². The van der Waals surface area contributed by atoms with Crippen molar-refractivity contribution in [2.24, 2.45) is 5.92 Å². The lowest BCUT2D eigenvalue weighted by Gasteiger charge is -2.38. The molecule has 208 valence electrons. The number of aryl methyl sites for hydroxylation is 1. The predicted octanol–water partition coefficient (Wildman–Crippen LogP) is 5.95. The quantitative estimate of drug-likeness (QED) is 0.355. The van der Waals surface area contributed by atoms with Gasteiger partial charge in [0.15, 0.2) is 0 Å². The van der Waals surface area contributed by atoms with Gasteiger partial charge in [-0.25, -0.2) is 4.79 Å². The number of alkyl carbamates (subject to hydrolysis) is 1. The maximum absolute atomic E-state index is 14.0. The van der Waals surface area contributed by atoms with E-state index in [0.717, 1.165) is 12.0 Å². The summed E-state index contributed by atoms with van der Waals surface area (Å²) in [6, 6.07) is 11.4. The molecule has 0 saturated carbocycles. The van der Waals surface area contributed by atoms with Crippen LogP contribution in [0.25, 0.3) is 0 Å². The molecule has 0 aromatic heterocycles. The zero-order valence-electron chi connectivity index (χ0n) is 23.9. The third kappa shape index (κ3) is 9.08. The number of amides is 3. The number of carbonyl (C=O) groups is 3. The number of hydrogen-bond acceptors (Lipinski definition) is 5. The van der Waals surface area contributed by atoms with E-state index in [-0.39, 0.29) is 11.8 Å². The minimum Gasteiger partial charge on any atom is -0.508 e. The molecule has 0 saturated heterocycles. The highest BCUT2D eigenvalue weighted by molar-refractivity contribution is 5.99. The van der Waals surface area contributed by atoms with Crippen LogP contribution in [0.1, 0.15) is 78.5 Å². The van der Waals surface area contributed by atoms with E-state index >= 15 is 0 Å². The summed E-state index contributed by atoms with van der Waals surface area (Å²) in [6.07, 6.45) is 0.770. The first-order chi connectivity index (χ1) is 17.7. The molecule has 3 amide bonds. The fourth-order valence-corrected chi connectivity index (χ4v) is 4.13. The van der Waals surface area contributed by atoms with Crippen molar-refractivity contribution in [3.05, 3.63) is 59.7 Å². The molecular weight excluding hydrogens is 482 g/mol. The number of anilines is 1. The second-order valence-corrected chi connectivity index (χ2v) is 11.2. The van der Waals surface area contributed by atoms with Crippen molar-refractivity contribution >= 4 is 23.6 Å². The van der Waals surface area contributed by atoms with Gasteiger partial charge in [-0.05, 0) is 89.6 Å². The van der Waals surface area contributed by atoms with Crippen molar-refractivity contribution in [1.82, 2.24) is 10.2 Å². The third-order valence-electron chi connectivity index (χ3n) is 6.11. The molecule has 0 heterocycles. The van der Waals surface area contributed by atoms with E-state index in [2.05, 4.69) is 24.5 Å². The van der Waals surface area contributed by atoms with Crippen LogP contribution in [0, 0.1) is 12.8 Å². The molecular formula is C30H43N3O5. The van der Waals surface area contributed by atoms with Gasteiger partial charge in [-0.15, -0.1) is 0 Å². The van der Waals surface area contributed by atoms with E-state index in [1.54, 1.807) is 45.9 Å². The molecule has 2 rings (SSSR count). The zero-order valence-corrected chi connectivity index (χ0v) is 23.9. The first-order valence-corrected chi connectivity index (χ1v) is 13.2. The molecule has 0 spiro atoms. The number of rotatable bonds is 10. The molecule has 38 heavy (non-hydrogen) atoms. The zero-order chi connectivity index (χ0) is 28.6. The number of benzene rings is 2. The SMILES string of the molecule is Cc1ccccc1NC(=O)C(c1cccc(O)c1)N(C(=O)C(C)NC(=O)OC(C)(C)C)C(C)CCC(C)C. The Kier molecular flexibility index (Phi) is 10.7. The Labute approximate surface area is 226 Å². The topological polar surface area (TPSA) is 108 Å². The van der Waals surface area contributed by atoms with Crippen molar-refractivity contribution in [2.45, 2.75) is 92.0 Å². The summed E-state index contributed by atoms with van der Waals surface area (Å²) in [7, 11) is 0. The second-order valence-electron chi connectivity index (χ2n) is 11.2. The average Bonchev–Trinajstić information content (AvgIpc) is 2.80. The number of aromatic hydroxyl groups is 1. The van der Waals surface area contributed by atoms with E-state index < -0.39 is 35.6 Å². The van der Waals surface area contributed by atoms with Gasteiger partial charge in [0.1, 0.15) is 23.4 Å². The van der Waals surface area contributed by atoms with Gasteiger partial charge in [0, 0.05) is 11.7 Å². The Morgan fingerprint density at radius 1 is 0.974 bits per heavy atom. The second kappa shape index (κ2) is 13.3. The summed E-state index contributed by atoms with van der Waals surface area (Å²) in [4.78, 5) is 41.8. The van der Waals surface area contributed by atoms with Gasteiger partial charge < -0.3 is 25.4 Å². The van der Waals surface area contributed by atoms with Crippen LogP contribution in [0.4, 0.5) is 10.5 Å². The van der Waals surface area contributed by atoms with E-state index in [4.69, 9.17) is 4.74 Å². The molecule has 3 N–H and O–H groups in total.